The molecule has 1 N–H and O–H groups in total. The molecule has 0 aromatic heterocycles. The molecular weight excluding hydrogens is 238 g/mol. The van der Waals surface area contributed by atoms with Gasteiger partial charge >= 0.3 is 0 Å². The summed E-state index contributed by atoms with van der Waals surface area (Å²) in [6, 6.07) is 1.77. The summed E-state index contributed by atoms with van der Waals surface area (Å²) in [6.45, 7) is 4.43. The van der Waals surface area contributed by atoms with Gasteiger partial charge in [0.25, 0.3) is 0 Å². The van der Waals surface area contributed by atoms with Gasteiger partial charge in [0.15, 0.2) is 0 Å². The van der Waals surface area contributed by atoms with Gasteiger partial charge in [-0.1, -0.05) is 0 Å². The number of amides is 1. The minimum atomic E-state index is 0.284. The zero-order chi connectivity index (χ0) is 12.8. The van der Waals surface area contributed by atoms with Crippen molar-refractivity contribution in [1.82, 2.24) is 15.1 Å². The molecular formula is C15H25N3O. The highest BCUT2D eigenvalue weighted by molar-refractivity contribution is 5.80. The number of hydrogen-bond donors (Lipinski definition) is 1. The van der Waals surface area contributed by atoms with Crippen LogP contribution in [0.2, 0.25) is 0 Å². The lowest BCUT2D eigenvalue weighted by atomic mass is 9.88. The summed E-state index contributed by atoms with van der Waals surface area (Å²) in [4.78, 5) is 17.6. The maximum absolute atomic E-state index is 12.8. The summed E-state index contributed by atoms with van der Waals surface area (Å²) in [5.74, 6) is 0.736. The van der Waals surface area contributed by atoms with Gasteiger partial charge in [-0.3, -0.25) is 9.69 Å². The van der Waals surface area contributed by atoms with Gasteiger partial charge in [0.05, 0.1) is 5.92 Å². The van der Waals surface area contributed by atoms with Crippen LogP contribution in [-0.2, 0) is 4.79 Å². The first-order valence-electron chi connectivity index (χ1n) is 8.10. The molecule has 4 heterocycles. The van der Waals surface area contributed by atoms with Crippen LogP contribution in [-0.4, -0.2) is 60.0 Å². The molecule has 4 nitrogen and oxygen atoms in total. The van der Waals surface area contributed by atoms with Crippen LogP contribution < -0.4 is 5.32 Å². The van der Waals surface area contributed by atoms with E-state index in [-0.39, 0.29) is 5.92 Å². The first-order valence-corrected chi connectivity index (χ1v) is 8.10. The quantitative estimate of drug-likeness (QED) is 0.761. The average molecular weight is 263 g/mol. The van der Waals surface area contributed by atoms with Crippen molar-refractivity contribution in [2.24, 2.45) is 5.92 Å². The lowest BCUT2D eigenvalue weighted by molar-refractivity contribution is -0.136. The standard InChI is InChI=1S/C15H25N3O/c19-15(13-9-11-4-5-14(13)16-11)18-8-2-7-17-6-1-3-12(17)10-18/h11-14,16H,1-10H2. The predicted octanol–water partition coefficient (Wildman–Crippen LogP) is 0.824. The van der Waals surface area contributed by atoms with E-state index < -0.39 is 0 Å². The molecule has 106 valence electrons. The van der Waals surface area contributed by atoms with Crippen molar-refractivity contribution in [1.29, 1.82) is 0 Å². The van der Waals surface area contributed by atoms with Gasteiger partial charge in [-0.25, -0.2) is 0 Å². The number of carbonyl (C=O) groups excluding carboxylic acids is 1. The van der Waals surface area contributed by atoms with E-state index in [1.54, 1.807) is 0 Å². The molecule has 4 atom stereocenters. The fourth-order valence-corrected chi connectivity index (χ4v) is 4.74. The molecule has 19 heavy (non-hydrogen) atoms. The van der Waals surface area contributed by atoms with Gasteiger partial charge in [0.2, 0.25) is 5.91 Å². The fraction of sp³-hybridized carbons (Fsp3) is 0.933. The van der Waals surface area contributed by atoms with Crippen LogP contribution in [0.25, 0.3) is 0 Å². The van der Waals surface area contributed by atoms with Crippen LogP contribution in [0.5, 0.6) is 0 Å². The molecule has 2 bridgehead atoms. The second-order valence-electron chi connectivity index (χ2n) is 6.86. The average Bonchev–Trinajstić information content (AvgIpc) is 3.12. The maximum Gasteiger partial charge on any atom is 0.227 e. The summed E-state index contributed by atoms with van der Waals surface area (Å²) in [7, 11) is 0. The lowest BCUT2D eigenvalue weighted by Crippen LogP contribution is -2.44. The Kier molecular flexibility index (Phi) is 3.03. The summed E-state index contributed by atoms with van der Waals surface area (Å²) in [5, 5.41) is 3.60. The van der Waals surface area contributed by atoms with Gasteiger partial charge in [0, 0.05) is 37.8 Å². The normalized spacial score (nSPS) is 42.4. The second kappa shape index (κ2) is 4.74. The van der Waals surface area contributed by atoms with Crippen LogP contribution in [0.3, 0.4) is 0 Å². The van der Waals surface area contributed by atoms with Crippen LogP contribution in [0.1, 0.15) is 38.5 Å². The Balaban J connectivity index is 1.44. The van der Waals surface area contributed by atoms with Gasteiger partial charge in [0.1, 0.15) is 0 Å². The van der Waals surface area contributed by atoms with E-state index in [1.165, 1.54) is 38.8 Å². The van der Waals surface area contributed by atoms with Crippen LogP contribution >= 0.6 is 0 Å². The van der Waals surface area contributed by atoms with E-state index in [2.05, 4.69) is 15.1 Å². The highest BCUT2D eigenvalue weighted by Gasteiger charge is 2.44. The number of rotatable bonds is 1. The maximum atomic E-state index is 12.8. The number of hydrogen-bond acceptors (Lipinski definition) is 3. The van der Waals surface area contributed by atoms with E-state index in [9.17, 15) is 4.79 Å². The number of fused-ring (bicyclic) bond motifs is 3. The monoisotopic (exact) mass is 263 g/mol. The first kappa shape index (κ1) is 12.2. The molecule has 4 saturated heterocycles. The van der Waals surface area contributed by atoms with Gasteiger partial charge < -0.3 is 10.2 Å². The number of carbonyl (C=O) groups is 1. The molecule has 4 rings (SSSR count). The van der Waals surface area contributed by atoms with Crippen molar-refractivity contribution in [2.45, 2.75) is 56.7 Å². The summed E-state index contributed by atoms with van der Waals surface area (Å²) in [6.07, 6.45) is 7.36. The summed E-state index contributed by atoms with van der Waals surface area (Å²) < 4.78 is 0. The van der Waals surface area contributed by atoms with E-state index in [1.807, 2.05) is 0 Å². The zero-order valence-corrected chi connectivity index (χ0v) is 11.7. The van der Waals surface area contributed by atoms with E-state index in [0.29, 0.717) is 24.0 Å². The molecule has 4 aliphatic rings. The Morgan fingerprint density at radius 2 is 1.95 bits per heavy atom. The van der Waals surface area contributed by atoms with E-state index in [0.717, 1.165) is 25.9 Å². The molecule has 0 aromatic carbocycles. The topological polar surface area (TPSA) is 35.6 Å². The van der Waals surface area contributed by atoms with Crippen LogP contribution in [0.15, 0.2) is 0 Å². The highest BCUT2D eigenvalue weighted by atomic mass is 16.2. The van der Waals surface area contributed by atoms with Crippen molar-refractivity contribution in [2.75, 3.05) is 26.2 Å². The minimum Gasteiger partial charge on any atom is -0.341 e. The zero-order valence-electron chi connectivity index (χ0n) is 11.7. The third-order valence-corrected chi connectivity index (χ3v) is 5.73. The Morgan fingerprint density at radius 3 is 2.74 bits per heavy atom. The summed E-state index contributed by atoms with van der Waals surface area (Å²) >= 11 is 0. The molecule has 0 aromatic rings. The molecule has 4 aliphatic heterocycles. The largest absolute Gasteiger partial charge is 0.341 e. The molecule has 1 amide bonds. The Hall–Kier alpha value is -0.610. The summed E-state index contributed by atoms with van der Waals surface area (Å²) in [5.41, 5.74) is 0. The Labute approximate surface area is 115 Å². The highest BCUT2D eigenvalue weighted by Crippen LogP contribution is 2.35. The first-order chi connectivity index (χ1) is 9.31. The molecule has 0 radical (unpaired) electrons. The molecule has 4 heteroatoms. The SMILES string of the molecule is O=C(C1CC2CCC1N2)N1CCCN2CCCC2C1. The number of nitrogens with one attached hydrogen (secondary N) is 1. The van der Waals surface area contributed by atoms with Crippen molar-refractivity contribution in [3.8, 4) is 0 Å². The molecule has 4 fully saturated rings. The minimum absolute atomic E-state index is 0.284. The second-order valence-corrected chi connectivity index (χ2v) is 6.86. The van der Waals surface area contributed by atoms with Crippen molar-refractivity contribution >= 4 is 5.91 Å². The number of nitrogens with zero attached hydrogens (tertiary/aromatic N) is 2. The van der Waals surface area contributed by atoms with E-state index in [4.69, 9.17) is 0 Å². The Bertz CT molecular complexity index is 372. The van der Waals surface area contributed by atoms with Gasteiger partial charge in [-0.15, -0.1) is 0 Å². The smallest absolute Gasteiger partial charge is 0.227 e. The fourth-order valence-electron chi connectivity index (χ4n) is 4.74. The lowest BCUT2D eigenvalue weighted by Gasteiger charge is -2.30. The molecule has 4 unspecified atom stereocenters. The molecule has 0 aliphatic carbocycles. The van der Waals surface area contributed by atoms with Crippen molar-refractivity contribution < 1.29 is 4.79 Å². The van der Waals surface area contributed by atoms with Crippen molar-refractivity contribution in [3.05, 3.63) is 0 Å². The van der Waals surface area contributed by atoms with E-state index >= 15 is 0 Å². The molecule has 0 spiro atoms. The third-order valence-electron chi connectivity index (χ3n) is 5.73. The van der Waals surface area contributed by atoms with Crippen LogP contribution in [0, 0.1) is 5.92 Å². The van der Waals surface area contributed by atoms with Crippen LogP contribution in [0.4, 0.5) is 0 Å². The predicted molar refractivity (Wildman–Crippen MR) is 73.8 cm³/mol. The Morgan fingerprint density at radius 1 is 1.05 bits per heavy atom. The van der Waals surface area contributed by atoms with Gasteiger partial charge in [-0.05, 0) is 45.1 Å². The molecule has 0 saturated carbocycles. The van der Waals surface area contributed by atoms with Gasteiger partial charge in [-0.2, -0.15) is 0 Å². The van der Waals surface area contributed by atoms with Crippen molar-refractivity contribution in [3.63, 3.8) is 0 Å². The third kappa shape index (κ3) is 2.09.